The van der Waals surface area contributed by atoms with Gasteiger partial charge in [-0.15, -0.1) is 0 Å². The quantitative estimate of drug-likeness (QED) is 0.827. The van der Waals surface area contributed by atoms with Crippen molar-refractivity contribution >= 4 is 17.5 Å². The summed E-state index contributed by atoms with van der Waals surface area (Å²) in [7, 11) is 0. The smallest absolute Gasteiger partial charge is 0.254 e. The molecule has 1 heterocycles. The van der Waals surface area contributed by atoms with Crippen LogP contribution in [0.3, 0.4) is 0 Å². The molecule has 3 N–H and O–H groups in total. The standard InChI is InChI=1S/C14H17ClN4O/c1-10-13(14(20)17-8-2-7-16)9-19(18-10)12-5-3-11(15)4-6-12/h3-6,9H,2,7-8,16H2,1H3,(H,17,20). The third-order valence-corrected chi connectivity index (χ3v) is 3.15. The number of nitrogens with zero attached hydrogens (tertiary/aromatic N) is 2. The number of hydrogen-bond acceptors (Lipinski definition) is 3. The van der Waals surface area contributed by atoms with Crippen LogP contribution in [-0.4, -0.2) is 28.8 Å². The van der Waals surface area contributed by atoms with Crippen molar-refractivity contribution in [1.82, 2.24) is 15.1 Å². The number of aromatic nitrogens is 2. The molecule has 0 saturated carbocycles. The summed E-state index contributed by atoms with van der Waals surface area (Å²) in [5.41, 5.74) is 7.51. The maximum Gasteiger partial charge on any atom is 0.254 e. The molecule has 0 aliphatic heterocycles. The summed E-state index contributed by atoms with van der Waals surface area (Å²) in [6.45, 7) is 2.94. The molecule has 0 aliphatic carbocycles. The first-order valence-corrected chi connectivity index (χ1v) is 6.80. The first-order valence-electron chi connectivity index (χ1n) is 6.42. The molecule has 1 amide bonds. The fourth-order valence-electron chi connectivity index (χ4n) is 1.81. The molecule has 0 unspecified atom stereocenters. The normalized spacial score (nSPS) is 10.6. The summed E-state index contributed by atoms with van der Waals surface area (Å²) >= 11 is 5.85. The van der Waals surface area contributed by atoms with Gasteiger partial charge in [-0.2, -0.15) is 5.10 Å². The Kier molecular flexibility index (Phi) is 4.76. The van der Waals surface area contributed by atoms with E-state index >= 15 is 0 Å². The number of amides is 1. The van der Waals surface area contributed by atoms with Crippen LogP contribution in [0.5, 0.6) is 0 Å². The van der Waals surface area contributed by atoms with Crippen molar-refractivity contribution in [2.45, 2.75) is 13.3 Å². The molecule has 6 heteroatoms. The molecule has 20 heavy (non-hydrogen) atoms. The number of carbonyl (C=O) groups excluding carboxylic acids is 1. The van der Waals surface area contributed by atoms with Gasteiger partial charge in [0, 0.05) is 17.8 Å². The minimum Gasteiger partial charge on any atom is -0.352 e. The summed E-state index contributed by atoms with van der Waals surface area (Å²) in [5, 5.41) is 7.83. The van der Waals surface area contributed by atoms with Gasteiger partial charge in [0.05, 0.1) is 16.9 Å². The summed E-state index contributed by atoms with van der Waals surface area (Å²) in [5.74, 6) is -0.129. The highest BCUT2D eigenvalue weighted by atomic mass is 35.5. The van der Waals surface area contributed by atoms with Gasteiger partial charge < -0.3 is 11.1 Å². The van der Waals surface area contributed by atoms with Crippen LogP contribution < -0.4 is 11.1 Å². The van der Waals surface area contributed by atoms with Crippen molar-refractivity contribution < 1.29 is 4.79 Å². The molecule has 0 spiro atoms. The van der Waals surface area contributed by atoms with E-state index in [1.54, 1.807) is 23.0 Å². The Bertz CT molecular complexity index is 592. The number of halogens is 1. The fourth-order valence-corrected chi connectivity index (χ4v) is 1.93. The Hall–Kier alpha value is -1.85. The highest BCUT2D eigenvalue weighted by Gasteiger charge is 2.13. The van der Waals surface area contributed by atoms with Crippen molar-refractivity contribution in [2.75, 3.05) is 13.1 Å². The number of rotatable bonds is 5. The monoisotopic (exact) mass is 292 g/mol. The van der Waals surface area contributed by atoms with Crippen molar-refractivity contribution in [3.05, 3.63) is 46.7 Å². The lowest BCUT2D eigenvalue weighted by Crippen LogP contribution is -2.26. The van der Waals surface area contributed by atoms with Gasteiger partial charge in [0.25, 0.3) is 5.91 Å². The van der Waals surface area contributed by atoms with E-state index in [1.165, 1.54) is 0 Å². The van der Waals surface area contributed by atoms with Crippen LogP contribution in [0.25, 0.3) is 5.69 Å². The molecular formula is C14H17ClN4O. The predicted molar refractivity (Wildman–Crippen MR) is 79.3 cm³/mol. The molecule has 5 nitrogen and oxygen atoms in total. The zero-order chi connectivity index (χ0) is 14.5. The Morgan fingerprint density at radius 2 is 2.10 bits per heavy atom. The van der Waals surface area contributed by atoms with E-state index in [0.29, 0.717) is 29.4 Å². The predicted octanol–water partition coefficient (Wildman–Crippen LogP) is 1.91. The number of hydrogen-bond donors (Lipinski definition) is 2. The van der Waals surface area contributed by atoms with Gasteiger partial charge in [0.15, 0.2) is 0 Å². The van der Waals surface area contributed by atoms with Crippen LogP contribution in [0.4, 0.5) is 0 Å². The van der Waals surface area contributed by atoms with E-state index in [1.807, 2.05) is 19.1 Å². The highest BCUT2D eigenvalue weighted by molar-refractivity contribution is 6.30. The largest absolute Gasteiger partial charge is 0.352 e. The first-order chi connectivity index (χ1) is 9.61. The van der Waals surface area contributed by atoms with Crippen LogP contribution >= 0.6 is 11.6 Å². The lowest BCUT2D eigenvalue weighted by molar-refractivity contribution is 0.0953. The van der Waals surface area contributed by atoms with Gasteiger partial charge in [-0.05, 0) is 44.2 Å². The number of carbonyl (C=O) groups is 1. The summed E-state index contributed by atoms with van der Waals surface area (Å²) < 4.78 is 1.67. The molecule has 0 saturated heterocycles. The summed E-state index contributed by atoms with van der Waals surface area (Å²) in [4.78, 5) is 12.0. The maximum absolute atomic E-state index is 12.0. The molecule has 0 fully saturated rings. The van der Waals surface area contributed by atoms with Crippen LogP contribution in [-0.2, 0) is 0 Å². The van der Waals surface area contributed by atoms with Crippen LogP contribution in [0.1, 0.15) is 22.5 Å². The van der Waals surface area contributed by atoms with E-state index in [-0.39, 0.29) is 5.91 Å². The average Bonchev–Trinajstić information content (AvgIpc) is 2.82. The van der Waals surface area contributed by atoms with Gasteiger partial charge >= 0.3 is 0 Å². The number of aryl methyl sites for hydroxylation is 1. The van der Waals surface area contributed by atoms with Crippen molar-refractivity contribution in [2.24, 2.45) is 5.73 Å². The van der Waals surface area contributed by atoms with E-state index < -0.39 is 0 Å². The molecule has 0 atom stereocenters. The SMILES string of the molecule is Cc1nn(-c2ccc(Cl)cc2)cc1C(=O)NCCCN. The molecule has 2 rings (SSSR count). The Morgan fingerprint density at radius 1 is 1.40 bits per heavy atom. The zero-order valence-corrected chi connectivity index (χ0v) is 12.0. The molecule has 106 valence electrons. The molecular weight excluding hydrogens is 276 g/mol. The molecule has 0 bridgehead atoms. The molecule has 1 aromatic heterocycles. The Morgan fingerprint density at radius 3 is 2.75 bits per heavy atom. The Balaban J connectivity index is 2.16. The van der Waals surface area contributed by atoms with Crippen molar-refractivity contribution in [3.63, 3.8) is 0 Å². The minimum absolute atomic E-state index is 0.129. The topological polar surface area (TPSA) is 72.9 Å². The number of nitrogens with one attached hydrogen (secondary N) is 1. The first kappa shape index (κ1) is 14.6. The van der Waals surface area contributed by atoms with Crippen LogP contribution in [0, 0.1) is 6.92 Å². The number of nitrogens with two attached hydrogens (primary N) is 1. The molecule has 2 aromatic rings. The summed E-state index contributed by atoms with van der Waals surface area (Å²) in [6, 6.07) is 7.28. The average molecular weight is 293 g/mol. The minimum atomic E-state index is -0.129. The third-order valence-electron chi connectivity index (χ3n) is 2.90. The second kappa shape index (κ2) is 6.54. The van der Waals surface area contributed by atoms with E-state index in [4.69, 9.17) is 17.3 Å². The molecule has 0 aliphatic rings. The van der Waals surface area contributed by atoms with Gasteiger partial charge in [0.2, 0.25) is 0 Å². The highest BCUT2D eigenvalue weighted by Crippen LogP contribution is 2.15. The fraction of sp³-hybridized carbons (Fsp3) is 0.286. The van der Waals surface area contributed by atoms with Gasteiger partial charge in [-0.3, -0.25) is 4.79 Å². The van der Waals surface area contributed by atoms with Gasteiger partial charge in [0.1, 0.15) is 0 Å². The lowest BCUT2D eigenvalue weighted by atomic mass is 10.2. The van der Waals surface area contributed by atoms with E-state index in [9.17, 15) is 4.79 Å². The summed E-state index contributed by atoms with van der Waals surface area (Å²) in [6.07, 6.45) is 2.48. The van der Waals surface area contributed by atoms with Crippen LogP contribution in [0.2, 0.25) is 5.02 Å². The zero-order valence-electron chi connectivity index (χ0n) is 11.3. The Labute approximate surface area is 122 Å². The van der Waals surface area contributed by atoms with Crippen LogP contribution in [0.15, 0.2) is 30.5 Å². The maximum atomic E-state index is 12.0. The van der Waals surface area contributed by atoms with Gasteiger partial charge in [-0.25, -0.2) is 4.68 Å². The van der Waals surface area contributed by atoms with Crippen molar-refractivity contribution in [1.29, 1.82) is 0 Å². The van der Waals surface area contributed by atoms with E-state index in [0.717, 1.165) is 12.1 Å². The second-order valence-electron chi connectivity index (χ2n) is 4.45. The molecule has 0 radical (unpaired) electrons. The lowest BCUT2D eigenvalue weighted by Gasteiger charge is -2.02. The second-order valence-corrected chi connectivity index (χ2v) is 4.88. The molecule has 1 aromatic carbocycles. The van der Waals surface area contributed by atoms with Gasteiger partial charge in [-0.1, -0.05) is 11.6 Å². The van der Waals surface area contributed by atoms with E-state index in [2.05, 4.69) is 10.4 Å². The number of benzene rings is 1. The van der Waals surface area contributed by atoms with Crippen molar-refractivity contribution in [3.8, 4) is 5.69 Å². The third kappa shape index (κ3) is 3.37.